The summed E-state index contributed by atoms with van der Waals surface area (Å²) in [7, 11) is 0. The van der Waals surface area contributed by atoms with E-state index in [1.807, 2.05) is 0 Å². The van der Waals surface area contributed by atoms with Crippen LogP contribution in [-0.4, -0.2) is 3.21 Å². The summed E-state index contributed by atoms with van der Waals surface area (Å²) in [5.41, 5.74) is 14.6. The number of benzene rings is 4. The molecular formula is C41H36Cl2Zr. The molecule has 8 rings (SSSR count). The maximum Gasteiger partial charge on any atom is -1.00 e. The second kappa shape index (κ2) is 11.5. The molecule has 0 unspecified atom stereocenters. The molecule has 0 saturated carbocycles. The molecule has 0 heterocycles. The summed E-state index contributed by atoms with van der Waals surface area (Å²) in [5, 5.41) is 0. The minimum Gasteiger partial charge on any atom is -1.00 e. The average Bonchev–Trinajstić information content (AvgIpc) is 3.76. The average molecular weight is 691 g/mol. The van der Waals surface area contributed by atoms with Crippen molar-refractivity contribution in [1.82, 2.24) is 0 Å². The normalized spacial score (nSPS) is 16.8. The largest absolute Gasteiger partial charge is 1.00 e. The van der Waals surface area contributed by atoms with E-state index in [2.05, 4.69) is 149 Å². The molecule has 0 aromatic heterocycles. The molecule has 0 N–H and O–H groups in total. The Balaban J connectivity index is 0.00000171. The quantitative estimate of drug-likeness (QED) is 0.269. The SMILES string of the molecule is CC1(C)C=Cc2cc3c(cc21)Cc1cc2c(cc1-3)C=[C]([Zr+2]([C]1=CC=CC1)=[C](c1ccccc1)c1ccccc1)C2(C)C.[Cl-].[Cl-]. The van der Waals surface area contributed by atoms with Gasteiger partial charge in [-0.15, -0.1) is 0 Å². The first-order chi connectivity index (χ1) is 20.3. The molecule has 4 aliphatic carbocycles. The summed E-state index contributed by atoms with van der Waals surface area (Å²) < 4.78 is 4.97. The number of halogens is 2. The summed E-state index contributed by atoms with van der Waals surface area (Å²) in [6, 6.07) is 32.5. The van der Waals surface area contributed by atoms with E-state index < -0.39 is 21.3 Å². The van der Waals surface area contributed by atoms with Crippen molar-refractivity contribution in [2.24, 2.45) is 0 Å². The van der Waals surface area contributed by atoms with E-state index in [0.717, 1.165) is 12.8 Å². The van der Waals surface area contributed by atoms with Gasteiger partial charge in [0.1, 0.15) is 0 Å². The van der Waals surface area contributed by atoms with Gasteiger partial charge in [-0.3, -0.25) is 0 Å². The number of fused-ring (bicyclic) bond motifs is 5. The fraction of sp³-hybridized carbons (Fsp3) is 0.195. The third kappa shape index (κ3) is 4.88. The van der Waals surface area contributed by atoms with Crippen LogP contribution in [0, 0.1) is 0 Å². The van der Waals surface area contributed by atoms with E-state index in [1.165, 1.54) is 55.6 Å². The molecule has 0 aliphatic heterocycles. The Labute approximate surface area is 282 Å². The van der Waals surface area contributed by atoms with Crippen molar-refractivity contribution >= 4 is 15.4 Å². The smallest absolute Gasteiger partial charge is 1.00 e. The van der Waals surface area contributed by atoms with Crippen molar-refractivity contribution in [2.75, 3.05) is 0 Å². The van der Waals surface area contributed by atoms with Gasteiger partial charge in [0.25, 0.3) is 0 Å². The van der Waals surface area contributed by atoms with Gasteiger partial charge in [-0.05, 0) is 0 Å². The van der Waals surface area contributed by atoms with Crippen LogP contribution in [0.5, 0.6) is 0 Å². The van der Waals surface area contributed by atoms with Gasteiger partial charge in [-0.2, -0.15) is 0 Å². The summed E-state index contributed by atoms with van der Waals surface area (Å²) >= 11 is -2.59. The van der Waals surface area contributed by atoms with Gasteiger partial charge in [0.2, 0.25) is 0 Å². The van der Waals surface area contributed by atoms with Gasteiger partial charge in [0.15, 0.2) is 0 Å². The Morgan fingerprint density at radius 2 is 1.30 bits per heavy atom. The molecule has 44 heavy (non-hydrogen) atoms. The van der Waals surface area contributed by atoms with E-state index in [-0.39, 0.29) is 35.6 Å². The molecule has 4 aromatic rings. The molecule has 0 atom stereocenters. The van der Waals surface area contributed by atoms with Crippen LogP contribution >= 0.6 is 0 Å². The van der Waals surface area contributed by atoms with Crippen LogP contribution in [0.3, 0.4) is 0 Å². The Hall–Kier alpha value is -2.83. The molecule has 3 heteroatoms. The molecule has 0 saturated heterocycles. The van der Waals surface area contributed by atoms with Crippen molar-refractivity contribution in [1.29, 1.82) is 0 Å². The van der Waals surface area contributed by atoms with Crippen LogP contribution in [0.25, 0.3) is 23.3 Å². The topological polar surface area (TPSA) is 0 Å². The maximum absolute atomic E-state index is 2.63. The standard InChI is InChI=1S/C23H21.C13H10.C5H5.2ClH.Zr/c1-22(2)7-5-14-10-18-16(12-20(14)22)9-17-13-21-15(11-19(17)18)6-8-23(21,3)4;1-3-7-12(8-4-1)11-13-9-5-2-6-10-13;1-2-4-5-3-1;;;/h5-7,10-13H,9H2,1-4H3;1-10H;1-3H,4H2;2*1H;/q;;;;;+2/p-2. The molecule has 4 aromatic carbocycles. The van der Waals surface area contributed by atoms with Gasteiger partial charge < -0.3 is 24.8 Å². The Morgan fingerprint density at radius 3 is 1.89 bits per heavy atom. The predicted octanol–water partition coefficient (Wildman–Crippen LogP) is 3.93. The van der Waals surface area contributed by atoms with Gasteiger partial charge in [-0.25, -0.2) is 0 Å². The molecular weight excluding hydrogens is 655 g/mol. The molecule has 0 spiro atoms. The Kier molecular flexibility index (Phi) is 8.16. The Morgan fingerprint density at radius 1 is 0.705 bits per heavy atom. The summed E-state index contributed by atoms with van der Waals surface area (Å²) in [6.45, 7) is 9.66. The van der Waals surface area contributed by atoms with E-state index in [1.54, 1.807) is 9.77 Å². The molecule has 4 aliphatic rings. The van der Waals surface area contributed by atoms with Crippen molar-refractivity contribution in [3.05, 3.63) is 160 Å². The zero-order valence-corrected chi connectivity index (χ0v) is 29.7. The van der Waals surface area contributed by atoms with E-state index in [9.17, 15) is 0 Å². The molecule has 218 valence electrons. The fourth-order valence-electron chi connectivity index (χ4n) is 7.70. The van der Waals surface area contributed by atoms with Crippen molar-refractivity contribution < 1.29 is 46.1 Å². The van der Waals surface area contributed by atoms with Crippen LogP contribution in [0.2, 0.25) is 0 Å². The second-order valence-electron chi connectivity index (χ2n) is 13.4. The van der Waals surface area contributed by atoms with E-state index in [4.69, 9.17) is 0 Å². The summed E-state index contributed by atoms with van der Waals surface area (Å²) in [6.07, 6.45) is 16.5. The predicted molar refractivity (Wildman–Crippen MR) is 176 cm³/mol. The van der Waals surface area contributed by atoms with E-state index in [0.29, 0.717) is 0 Å². The minimum absolute atomic E-state index is 0. The minimum atomic E-state index is -2.59. The zero-order chi connectivity index (χ0) is 28.6. The van der Waals surface area contributed by atoms with Crippen molar-refractivity contribution in [3.63, 3.8) is 0 Å². The number of hydrogen-bond donors (Lipinski definition) is 0. The molecule has 0 fully saturated rings. The number of hydrogen-bond acceptors (Lipinski definition) is 0. The van der Waals surface area contributed by atoms with Crippen LogP contribution in [0.4, 0.5) is 0 Å². The number of allylic oxidation sites excluding steroid dienone is 6. The van der Waals surface area contributed by atoms with Crippen molar-refractivity contribution in [3.8, 4) is 11.1 Å². The first kappa shape index (κ1) is 31.2. The first-order valence-corrected chi connectivity index (χ1v) is 19.0. The van der Waals surface area contributed by atoms with Crippen molar-refractivity contribution in [2.45, 2.75) is 51.4 Å². The van der Waals surface area contributed by atoms with Crippen LogP contribution < -0.4 is 24.8 Å². The molecule has 0 radical (unpaired) electrons. The first-order valence-electron chi connectivity index (χ1n) is 15.3. The van der Waals surface area contributed by atoms with Gasteiger partial charge in [-0.1, -0.05) is 0 Å². The van der Waals surface area contributed by atoms with Gasteiger partial charge in [0.05, 0.1) is 0 Å². The van der Waals surface area contributed by atoms with Crippen LogP contribution in [0.15, 0.2) is 116 Å². The van der Waals surface area contributed by atoms with Crippen LogP contribution in [0.1, 0.15) is 78.6 Å². The fourth-order valence-corrected chi connectivity index (χ4v) is 16.3. The molecule has 0 amide bonds. The third-order valence-electron chi connectivity index (χ3n) is 9.98. The van der Waals surface area contributed by atoms with Gasteiger partial charge in [0, 0.05) is 0 Å². The third-order valence-corrected chi connectivity index (χ3v) is 18.3. The molecule has 0 bridgehead atoms. The molecule has 0 nitrogen and oxygen atoms in total. The summed E-state index contributed by atoms with van der Waals surface area (Å²) in [4.78, 5) is 0. The van der Waals surface area contributed by atoms with Crippen LogP contribution in [-0.2, 0) is 38.5 Å². The maximum atomic E-state index is 2.63. The Bertz CT molecular complexity index is 1910. The zero-order valence-electron chi connectivity index (χ0n) is 25.7. The second-order valence-corrected chi connectivity index (χ2v) is 19.4. The number of rotatable bonds is 4. The monoisotopic (exact) mass is 688 g/mol. The summed E-state index contributed by atoms with van der Waals surface area (Å²) in [5.74, 6) is 0. The van der Waals surface area contributed by atoms with Gasteiger partial charge >= 0.3 is 259 Å². The van der Waals surface area contributed by atoms with E-state index >= 15 is 0 Å².